The van der Waals surface area contributed by atoms with E-state index in [-0.39, 0.29) is 16.8 Å². The summed E-state index contributed by atoms with van der Waals surface area (Å²) in [7, 11) is 0. The minimum atomic E-state index is -4.73. The van der Waals surface area contributed by atoms with Gasteiger partial charge in [-0.1, -0.05) is 17.7 Å². The number of benzene rings is 2. The molecule has 3 aromatic rings. The van der Waals surface area contributed by atoms with Crippen LogP contribution in [0, 0.1) is 6.92 Å². The third kappa shape index (κ3) is 4.40. The number of furan rings is 1. The molecule has 2 N–H and O–H groups in total. The van der Waals surface area contributed by atoms with Crippen molar-refractivity contribution >= 4 is 23.2 Å². The van der Waals surface area contributed by atoms with Crippen LogP contribution in [0.25, 0.3) is 0 Å². The van der Waals surface area contributed by atoms with Crippen molar-refractivity contribution in [2.24, 2.45) is 0 Å². The molecule has 0 radical (unpaired) electrons. The van der Waals surface area contributed by atoms with Gasteiger partial charge in [0.2, 0.25) is 0 Å². The first-order valence-corrected chi connectivity index (χ1v) is 8.17. The zero-order chi connectivity index (χ0) is 20.3. The molecule has 0 aliphatic heterocycles. The molecule has 2 aromatic carbocycles. The standard InChI is InChI=1S/C20H15F3N2O3/c1-12-2-4-13(5-3-12)18(26)25-17-7-6-15(10-16(17)20(21,22)23)24-19(27)14-8-9-28-11-14/h2-11H,1H3,(H,24,27)(H,25,26). The number of hydrogen-bond acceptors (Lipinski definition) is 3. The van der Waals surface area contributed by atoms with Gasteiger partial charge in [0.1, 0.15) is 6.26 Å². The average molecular weight is 388 g/mol. The number of rotatable bonds is 4. The van der Waals surface area contributed by atoms with Gasteiger partial charge in [0.15, 0.2) is 0 Å². The maximum atomic E-state index is 13.5. The number of amides is 2. The lowest BCUT2D eigenvalue weighted by molar-refractivity contribution is -0.136. The topological polar surface area (TPSA) is 71.3 Å². The monoisotopic (exact) mass is 388 g/mol. The highest BCUT2D eigenvalue weighted by Crippen LogP contribution is 2.37. The van der Waals surface area contributed by atoms with E-state index >= 15 is 0 Å². The van der Waals surface area contributed by atoms with E-state index < -0.39 is 29.2 Å². The second-order valence-electron chi connectivity index (χ2n) is 6.04. The number of carbonyl (C=O) groups excluding carboxylic acids is 2. The van der Waals surface area contributed by atoms with Crippen molar-refractivity contribution in [3.8, 4) is 0 Å². The molecule has 0 saturated heterocycles. The molecule has 28 heavy (non-hydrogen) atoms. The highest BCUT2D eigenvalue weighted by molar-refractivity contribution is 6.06. The van der Waals surface area contributed by atoms with E-state index in [0.29, 0.717) is 0 Å². The Morgan fingerprint density at radius 2 is 1.57 bits per heavy atom. The summed E-state index contributed by atoms with van der Waals surface area (Å²) in [6.45, 7) is 1.83. The number of nitrogens with one attached hydrogen (secondary N) is 2. The predicted octanol–water partition coefficient (Wildman–Crippen LogP) is 5.11. The first-order valence-electron chi connectivity index (χ1n) is 8.17. The van der Waals surface area contributed by atoms with Crippen LogP contribution in [0.1, 0.15) is 31.8 Å². The van der Waals surface area contributed by atoms with Gasteiger partial charge >= 0.3 is 6.18 Å². The second-order valence-corrected chi connectivity index (χ2v) is 6.04. The minimum absolute atomic E-state index is 0.0631. The summed E-state index contributed by atoms with van der Waals surface area (Å²) in [5, 5.41) is 4.64. The van der Waals surface area contributed by atoms with Crippen molar-refractivity contribution in [2.75, 3.05) is 10.6 Å². The lowest BCUT2D eigenvalue weighted by Gasteiger charge is -2.16. The SMILES string of the molecule is Cc1ccc(C(=O)Nc2ccc(NC(=O)c3ccoc3)cc2C(F)(F)F)cc1. The van der Waals surface area contributed by atoms with Crippen LogP contribution in [0.15, 0.2) is 65.5 Å². The number of anilines is 2. The minimum Gasteiger partial charge on any atom is -0.472 e. The molecule has 0 aliphatic carbocycles. The number of halogens is 3. The Morgan fingerprint density at radius 1 is 0.893 bits per heavy atom. The van der Waals surface area contributed by atoms with Crippen molar-refractivity contribution in [3.63, 3.8) is 0 Å². The van der Waals surface area contributed by atoms with Crippen molar-refractivity contribution in [1.29, 1.82) is 0 Å². The lowest BCUT2D eigenvalue weighted by Crippen LogP contribution is -2.18. The van der Waals surface area contributed by atoms with Crippen LogP contribution in [0.4, 0.5) is 24.5 Å². The van der Waals surface area contributed by atoms with Gasteiger partial charge in [-0.15, -0.1) is 0 Å². The van der Waals surface area contributed by atoms with E-state index in [2.05, 4.69) is 10.6 Å². The molecule has 0 unspecified atom stereocenters. The summed E-state index contributed by atoms with van der Waals surface area (Å²) < 4.78 is 45.2. The quantitative estimate of drug-likeness (QED) is 0.652. The number of aryl methyl sites for hydroxylation is 1. The molecule has 1 heterocycles. The summed E-state index contributed by atoms with van der Waals surface area (Å²) in [4.78, 5) is 24.3. The second kappa shape index (κ2) is 7.59. The summed E-state index contributed by atoms with van der Waals surface area (Å²) in [6.07, 6.45) is -2.28. The predicted molar refractivity (Wildman–Crippen MR) is 97.2 cm³/mol. The molecule has 8 heteroatoms. The maximum absolute atomic E-state index is 13.5. The van der Waals surface area contributed by atoms with Gasteiger partial charge in [0.05, 0.1) is 23.1 Å². The largest absolute Gasteiger partial charge is 0.472 e. The average Bonchev–Trinajstić information content (AvgIpc) is 3.17. The zero-order valence-corrected chi connectivity index (χ0v) is 14.6. The lowest BCUT2D eigenvalue weighted by atomic mass is 10.1. The Morgan fingerprint density at radius 3 is 2.18 bits per heavy atom. The van der Waals surface area contributed by atoms with Crippen LogP contribution in [0.3, 0.4) is 0 Å². The molecule has 0 saturated carbocycles. The summed E-state index contributed by atoms with van der Waals surface area (Å²) in [5.74, 6) is -1.28. The van der Waals surface area contributed by atoms with E-state index in [0.717, 1.165) is 17.7 Å². The highest BCUT2D eigenvalue weighted by Gasteiger charge is 2.34. The van der Waals surface area contributed by atoms with E-state index in [1.807, 2.05) is 6.92 Å². The summed E-state index contributed by atoms with van der Waals surface area (Å²) >= 11 is 0. The number of hydrogen-bond donors (Lipinski definition) is 2. The Hall–Kier alpha value is -3.55. The van der Waals surface area contributed by atoms with E-state index in [4.69, 9.17) is 4.42 Å². The maximum Gasteiger partial charge on any atom is 0.418 e. The smallest absolute Gasteiger partial charge is 0.418 e. The Balaban J connectivity index is 1.85. The van der Waals surface area contributed by atoms with Gasteiger partial charge in [-0.05, 0) is 43.3 Å². The van der Waals surface area contributed by atoms with Crippen molar-refractivity contribution in [1.82, 2.24) is 0 Å². The molecule has 1 aromatic heterocycles. The highest BCUT2D eigenvalue weighted by atomic mass is 19.4. The molecule has 0 bridgehead atoms. The van der Waals surface area contributed by atoms with Gasteiger partial charge in [-0.2, -0.15) is 13.2 Å². The van der Waals surface area contributed by atoms with E-state index in [1.165, 1.54) is 36.8 Å². The Bertz CT molecular complexity index is 995. The van der Waals surface area contributed by atoms with Crippen LogP contribution in [-0.4, -0.2) is 11.8 Å². The Labute approximate surface area is 158 Å². The van der Waals surface area contributed by atoms with Crippen LogP contribution >= 0.6 is 0 Å². The molecule has 0 atom stereocenters. The van der Waals surface area contributed by atoms with Gasteiger partial charge in [-0.3, -0.25) is 9.59 Å². The van der Waals surface area contributed by atoms with Crippen LogP contribution in [0.5, 0.6) is 0 Å². The van der Waals surface area contributed by atoms with Crippen LogP contribution in [-0.2, 0) is 6.18 Å². The first-order chi connectivity index (χ1) is 13.2. The fourth-order valence-corrected chi connectivity index (χ4v) is 2.46. The molecule has 144 valence electrons. The molecule has 0 fully saturated rings. The normalized spacial score (nSPS) is 11.1. The molecule has 3 rings (SSSR count). The number of alkyl halides is 3. The Kier molecular flexibility index (Phi) is 5.21. The van der Waals surface area contributed by atoms with Crippen LogP contribution < -0.4 is 10.6 Å². The van der Waals surface area contributed by atoms with Gasteiger partial charge < -0.3 is 15.1 Å². The fraction of sp³-hybridized carbons (Fsp3) is 0.100. The van der Waals surface area contributed by atoms with Crippen molar-refractivity contribution < 1.29 is 27.2 Å². The molecular weight excluding hydrogens is 373 g/mol. The van der Waals surface area contributed by atoms with Gasteiger partial charge in [0, 0.05) is 11.3 Å². The molecule has 5 nitrogen and oxygen atoms in total. The van der Waals surface area contributed by atoms with E-state index in [1.54, 1.807) is 12.1 Å². The van der Waals surface area contributed by atoms with Crippen molar-refractivity contribution in [2.45, 2.75) is 13.1 Å². The zero-order valence-electron chi connectivity index (χ0n) is 14.6. The summed E-state index contributed by atoms with van der Waals surface area (Å²) in [6, 6.07) is 11.0. The van der Waals surface area contributed by atoms with Gasteiger partial charge in [-0.25, -0.2) is 0 Å². The summed E-state index contributed by atoms with van der Waals surface area (Å²) in [5.41, 5.74) is -0.212. The molecular formula is C20H15F3N2O3. The van der Waals surface area contributed by atoms with Gasteiger partial charge in [0.25, 0.3) is 11.8 Å². The third-order valence-electron chi connectivity index (χ3n) is 3.93. The first kappa shape index (κ1) is 19.2. The van der Waals surface area contributed by atoms with Crippen molar-refractivity contribution in [3.05, 3.63) is 83.3 Å². The number of carbonyl (C=O) groups is 2. The van der Waals surface area contributed by atoms with Crippen LogP contribution in [0.2, 0.25) is 0 Å². The molecule has 0 aliphatic rings. The molecule has 2 amide bonds. The third-order valence-corrected chi connectivity index (χ3v) is 3.93. The van der Waals surface area contributed by atoms with E-state index in [9.17, 15) is 22.8 Å². The fourth-order valence-electron chi connectivity index (χ4n) is 2.46. The molecule has 0 spiro atoms.